The van der Waals surface area contributed by atoms with Crippen LogP contribution in [0.4, 0.5) is 0 Å². The molecule has 0 unspecified atom stereocenters. The lowest BCUT2D eigenvalue weighted by Gasteiger charge is -2.21. The summed E-state index contributed by atoms with van der Waals surface area (Å²) < 4.78 is 5.69. The van der Waals surface area contributed by atoms with Crippen molar-refractivity contribution in [2.45, 2.75) is 0 Å². The van der Waals surface area contributed by atoms with E-state index in [0.29, 0.717) is 0 Å². The summed E-state index contributed by atoms with van der Waals surface area (Å²) in [6.07, 6.45) is 3.73. The van der Waals surface area contributed by atoms with Crippen molar-refractivity contribution in [3.8, 4) is 0 Å². The van der Waals surface area contributed by atoms with Gasteiger partial charge >= 0.3 is 0 Å². The number of hydrogen-bond donors (Lipinski definition) is 0. The molecule has 0 fully saturated rings. The van der Waals surface area contributed by atoms with E-state index in [9.17, 15) is 0 Å². The molecule has 0 aliphatic heterocycles. The maximum absolute atomic E-state index is 4.75. The fourth-order valence-corrected chi connectivity index (χ4v) is 0.455. The van der Waals surface area contributed by atoms with Crippen molar-refractivity contribution in [1.82, 2.24) is 0 Å². The SMILES string of the molecule is CO/C=C/C[N+](C)(C)C.[Br-]. The summed E-state index contributed by atoms with van der Waals surface area (Å²) in [5.74, 6) is 0. The highest BCUT2D eigenvalue weighted by Gasteiger charge is 2.00. The maximum atomic E-state index is 4.75. The van der Waals surface area contributed by atoms with Gasteiger partial charge in [-0.2, -0.15) is 0 Å². The molecule has 0 aliphatic carbocycles. The quantitative estimate of drug-likeness (QED) is 0.381. The van der Waals surface area contributed by atoms with E-state index in [1.165, 1.54) is 0 Å². The van der Waals surface area contributed by atoms with Gasteiger partial charge in [-0.3, -0.25) is 0 Å². The van der Waals surface area contributed by atoms with Crippen LogP contribution in [-0.2, 0) is 4.74 Å². The highest BCUT2D eigenvalue weighted by atomic mass is 79.9. The second-order valence-corrected chi connectivity index (χ2v) is 3.08. The molecule has 0 N–H and O–H groups in total. The summed E-state index contributed by atoms with van der Waals surface area (Å²) in [6, 6.07) is 0. The first kappa shape index (κ1) is 12.6. The normalized spacial score (nSPS) is 11.2. The molecular weight excluding hydrogens is 194 g/mol. The molecule has 0 atom stereocenters. The summed E-state index contributed by atoms with van der Waals surface area (Å²) in [6.45, 7) is 1.01. The van der Waals surface area contributed by atoms with Crippen LogP contribution in [0.3, 0.4) is 0 Å². The lowest BCUT2D eigenvalue weighted by Crippen LogP contribution is -3.00. The van der Waals surface area contributed by atoms with Gasteiger partial charge < -0.3 is 26.2 Å². The Hall–Kier alpha value is -0.0200. The molecule has 0 radical (unpaired) electrons. The second kappa shape index (κ2) is 5.74. The lowest BCUT2D eigenvalue weighted by molar-refractivity contribution is -0.864. The van der Waals surface area contributed by atoms with Gasteiger partial charge in [0.1, 0.15) is 0 Å². The highest BCUT2D eigenvalue weighted by Crippen LogP contribution is 1.88. The molecule has 10 heavy (non-hydrogen) atoms. The Balaban J connectivity index is 0. The zero-order chi connectivity index (χ0) is 7.33. The van der Waals surface area contributed by atoms with Crippen LogP contribution >= 0.6 is 0 Å². The molecule has 0 aromatic rings. The van der Waals surface area contributed by atoms with E-state index in [1.54, 1.807) is 13.4 Å². The fraction of sp³-hybridized carbons (Fsp3) is 0.714. The van der Waals surface area contributed by atoms with E-state index in [1.807, 2.05) is 6.08 Å². The monoisotopic (exact) mass is 209 g/mol. The molecule has 62 valence electrons. The summed E-state index contributed by atoms with van der Waals surface area (Å²) in [5, 5.41) is 0. The second-order valence-electron chi connectivity index (χ2n) is 3.08. The number of methoxy groups -OCH3 is 1. The molecule has 0 spiro atoms. The van der Waals surface area contributed by atoms with Gasteiger partial charge in [0.05, 0.1) is 41.1 Å². The van der Waals surface area contributed by atoms with Gasteiger partial charge in [0.15, 0.2) is 0 Å². The average molecular weight is 210 g/mol. The van der Waals surface area contributed by atoms with E-state index in [2.05, 4.69) is 21.1 Å². The molecule has 0 rings (SSSR count). The Bertz CT molecular complexity index is 96.3. The smallest absolute Gasteiger partial charge is 0.1000 e. The maximum Gasteiger partial charge on any atom is 0.1000 e. The van der Waals surface area contributed by atoms with Gasteiger partial charge in [-0.1, -0.05) is 0 Å². The predicted molar refractivity (Wildman–Crippen MR) is 39.0 cm³/mol. The first-order valence-electron chi connectivity index (χ1n) is 3.04. The molecule has 0 saturated carbocycles. The first-order chi connectivity index (χ1) is 4.06. The summed E-state index contributed by atoms with van der Waals surface area (Å²) >= 11 is 0. The third-order valence-electron chi connectivity index (χ3n) is 0.885. The van der Waals surface area contributed by atoms with Gasteiger partial charge in [-0.25, -0.2) is 0 Å². The fourth-order valence-electron chi connectivity index (χ4n) is 0.455. The van der Waals surface area contributed by atoms with E-state index >= 15 is 0 Å². The van der Waals surface area contributed by atoms with E-state index in [4.69, 9.17) is 4.74 Å². The molecule has 0 aromatic heterocycles. The Morgan fingerprint density at radius 2 is 1.80 bits per heavy atom. The largest absolute Gasteiger partial charge is 1.00 e. The topological polar surface area (TPSA) is 9.23 Å². The van der Waals surface area contributed by atoms with Crippen molar-refractivity contribution >= 4 is 0 Å². The molecule has 0 bridgehead atoms. The van der Waals surface area contributed by atoms with Crippen LogP contribution in [0.2, 0.25) is 0 Å². The molecular formula is C7H16BrNO. The van der Waals surface area contributed by atoms with Crippen LogP contribution in [-0.4, -0.2) is 39.3 Å². The zero-order valence-corrected chi connectivity index (χ0v) is 8.68. The van der Waals surface area contributed by atoms with Crippen molar-refractivity contribution in [2.24, 2.45) is 0 Å². The minimum atomic E-state index is 0. The van der Waals surface area contributed by atoms with E-state index < -0.39 is 0 Å². The van der Waals surface area contributed by atoms with Gasteiger partial charge in [-0.15, -0.1) is 0 Å². The van der Waals surface area contributed by atoms with Crippen molar-refractivity contribution in [3.05, 3.63) is 12.3 Å². The summed E-state index contributed by atoms with van der Waals surface area (Å²) in [7, 11) is 8.08. The Kier molecular flexibility index (Phi) is 7.26. The van der Waals surface area contributed by atoms with Crippen LogP contribution in [0.1, 0.15) is 0 Å². The number of quaternary nitrogens is 1. The summed E-state index contributed by atoms with van der Waals surface area (Å²) in [4.78, 5) is 0. The minimum absolute atomic E-state index is 0. The van der Waals surface area contributed by atoms with Crippen LogP contribution in [0.25, 0.3) is 0 Å². The van der Waals surface area contributed by atoms with Crippen molar-refractivity contribution in [1.29, 1.82) is 0 Å². The first-order valence-corrected chi connectivity index (χ1v) is 3.04. The van der Waals surface area contributed by atoms with Gasteiger partial charge in [0.25, 0.3) is 0 Å². The number of halogens is 1. The van der Waals surface area contributed by atoms with Crippen molar-refractivity contribution in [2.75, 3.05) is 34.8 Å². The van der Waals surface area contributed by atoms with E-state index in [0.717, 1.165) is 11.0 Å². The molecule has 0 heterocycles. The Morgan fingerprint density at radius 3 is 2.10 bits per heavy atom. The van der Waals surface area contributed by atoms with Crippen LogP contribution < -0.4 is 17.0 Å². The number of hydrogen-bond acceptors (Lipinski definition) is 1. The zero-order valence-electron chi connectivity index (χ0n) is 7.10. The van der Waals surface area contributed by atoms with Gasteiger partial charge in [0, 0.05) is 6.08 Å². The molecule has 0 aliphatic rings. The number of nitrogens with zero attached hydrogens (tertiary/aromatic N) is 1. The third-order valence-corrected chi connectivity index (χ3v) is 0.885. The summed E-state index contributed by atoms with van der Waals surface area (Å²) in [5.41, 5.74) is 0. The van der Waals surface area contributed by atoms with Crippen LogP contribution in [0.5, 0.6) is 0 Å². The Morgan fingerprint density at radius 1 is 1.30 bits per heavy atom. The number of likely N-dealkylation sites (N-methyl/N-ethyl adjacent to an activating group) is 1. The molecule has 3 heteroatoms. The van der Waals surface area contributed by atoms with E-state index in [-0.39, 0.29) is 17.0 Å². The van der Waals surface area contributed by atoms with Crippen LogP contribution in [0, 0.1) is 0 Å². The average Bonchev–Trinajstić information content (AvgIpc) is 1.63. The molecule has 2 nitrogen and oxygen atoms in total. The van der Waals surface area contributed by atoms with Gasteiger partial charge in [-0.05, 0) is 0 Å². The van der Waals surface area contributed by atoms with Gasteiger partial charge in [0.2, 0.25) is 0 Å². The number of ether oxygens (including phenoxy) is 1. The molecule has 0 amide bonds. The standard InChI is InChI=1S/C7H16NO.BrH/c1-8(2,3)6-5-7-9-4;/h5,7H,6H2,1-4H3;1H/q+1;/p-1/b7-5+;. The minimum Gasteiger partial charge on any atom is -1.00 e. The van der Waals surface area contributed by atoms with Crippen molar-refractivity contribution in [3.63, 3.8) is 0 Å². The highest BCUT2D eigenvalue weighted by molar-refractivity contribution is 4.71. The van der Waals surface area contributed by atoms with Crippen molar-refractivity contribution < 1.29 is 26.2 Å². The predicted octanol–water partition coefficient (Wildman–Crippen LogP) is -2.14. The number of rotatable bonds is 3. The third kappa shape index (κ3) is 10.9. The molecule has 0 saturated heterocycles. The van der Waals surface area contributed by atoms with Crippen LogP contribution in [0.15, 0.2) is 12.3 Å². The molecule has 0 aromatic carbocycles. The Labute approximate surface area is 73.8 Å². The lowest BCUT2D eigenvalue weighted by atomic mass is 10.5.